The Bertz CT molecular complexity index is 844. The van der Waals surface area contributed by atoms with Crippen molar-refractivity contribution in [1.82, 2.24) is 10.2 Å². The zero-order valence-electron chi connectivity index (χ0n) is 14.6. The molecule has 4 N–H and O–H groups in total. The highest BCUT2D eigenvalue weighted by molar-refractivity contribution is 7.99. The van der Waals surface area contributed by atoms with Gasteiger partial charge in [-0.3, -0.25) is 9.59 Å². The van der Waals surface area contributed by atoms with Gasteiger partial charge >= 0.3 is 6.03 Å². The summed E-state index contributed by atoms with van der Waals surface area (Å²) in [6, 6.07) is 14.9. The first kappa shape index (κ1) is 18.8. The Morgan fingerprint density at radius 2 is 1.89 bits per heavy atom. The Hall–Kier alpha value is -3.00. The summed E-state index contributed by atoms with van der Waals surface area (Å²) in [6.45, 7) is 0.418. The van der Waals surface area contributed by atoms with Gasteiger partial charge in [-0.25, -0.2) is 4.79 Å². The van der Waals surface area contributed by atoms with E-state index in [-0.39, 0.29) is 11.8 Å². The first-order valence-electron chi connectivity index (χ1n) is 8.41. The molecule has 27 heavy (non-hydrogen) atoms. The van der Waals surface area contributed by atoms with E-state index in [0.717, 1.165) is 5.56 Å². The monoisotopic (exact) mass is 384 g/mol. The van der Waals surface area contributed by atoms with Gasteiger partial charge in [0, 0.05) is 23.5 Å². The molecular formula is C19H20N4O3S. The summed E-state index contributed by atoms with van der Waals surface area (Å²) in [6.07, 6.45) is 0. The van der Waals surface area contributed by atoms with Gasteiger partial charge in [-0.05, 0) is 23.8 Å². The van der Waals surface area contributed by atoms with Crippen molar-refractivity contribution in [3.05, 3.63) is 65.7 Å². The van der Waals surface area contributed by atoms with Crippen molar-refractivity contribution in [3.63, 3.8) is 0 Å². The minimum Gasteiger partial charge on any atom is -0.351 e. The summed E-state index contributed by atoms with van der Waals surface area (Å²) in [5, 5.41) is 5.34. The molecule has 0 aromatic heterocycles. The average molecular weight is 384 g/mol. The summed E-state index contributed by atoms with van der Waals surface area (Å²) < 4.78 is 0. The van der Waals surface area contributed by atoms with Crippen LogP contribution in [0.15, 0.2) is 54.6 Å². The van der Waals surface area contributed by atoms with E-state index in [2.05, 4.69) is 10.6 Å². The van der Waals surface area contributed by atoms with Crippen LogP contribution in [0.2, 0.25) is 0 Å². The molecule has 2 aromatic carbocycles. The molecule has 0 spiro atoms. The van der Waals surface area contributed by atoms with Gasteiger partial charge in [-0.1, -0.05) is 36.4 Å². The molecule has 1 saturated heterocycles. The van der Waals surface area contributed by atoms with Crippen molar-refractivity contribution in [2.75, 3.05) is 16.9 Å². The molecule has 0 aliphatic carbocycles. The Kier molecular flexibility index (Phi) is 5.97. The highest BCUT2D eigenvalue weighted by Gasteiger charge is 2.35. The standard InChI is InChI=1S/C19H20N4O3S/c20-19(26)22-15-8-4-7-14(9-15)18(25)23-12-27-11-16(23)17(24)21-10-13-5-2-1-3-6-13/h1-9,16H,10-12H2,(H,21,24)(H3,20,22,26). The molecule has 1 unspecified atom stereocenters. The van der Waals surface area contributed by atoms with Gasteiger partial charge in [0.25, 0.3) is 5.91 Å². The Morgan fingerprint density at radius 3 is 2.63 bits per heavy atom. The topological polar surface area (TPSA) is 105 Å². The zero-order valence-corrected chi connectivity index (χ0v) is 15.4. The van der Waals surface area contributed by atoms with Gasteiger partial charge in [0.2, 0.25) is 5.91 Å². The van der Waals surface area contributed by atoms with Crippen molar-refractivity contribution in [2.45, 2.75) is 12.6 Å². The average Bonchev–Trinajstić information content (AvgIpc) is 3.16. The van der Waals surface area contributed by atoms with Crippen molar-refractivity contribution in [3.8, 4) is 0 Å². The molecule has 0 radical (unpaired) electrons. The predicted molar refractivity (Wildman–Crippen MR) is 105 cm³/mol. The smallest absolute Gasteiger partial charge is 0.316 e. The van der Waals surface area contributed by atoms with Gasteiger partial charge in [-0.2, -0.15) is 0 Å². The van der Waals surface area contributed by atoms with Crippen molar-refractivity contribution >= 4 is 35.3 Å². The fraction of sp³-hybridized carbons (Fsp3) is 0.211. The van der Waals surface area contributed by atoms with Crippen LogP contribution in [0.3, 0.4) is 0 Å². The van der Waals surface area contributed by atoms with E-state index in [0.29, 0.717) is 29.4 Å². The van der Waals surface area contributed by atoms with E-state index in [1.807, 2.05) is 30.3 Å². The molecule has 8 heteroatoms. The van der Waals surface area contributed by atoms with Crippen LogP contribution >= 0.6 is 11.8 Å². The molecular weight excluding hydrogens is 364 g/mol. The number of amides is 4. The number of thioether (sulfide) groups is 1. The fourth-order valence-corrected chi connectivity index (χ4v) is 3.95. The quantitative estimate of drug-likeness (QED) is 0.733. The molecule has 1 fully saturated rings. The number of nitrogens with zero attached hydrogens (tertiary/aromatic N) is 1. The van der Waals surface area contributed by atoms with Gasteiger partial charge < -0.3 is 21.3 Å². The minimum absolute atomic E-state index is 0.177. The predicted octanol–water partition coefficient (Wildman–Crippen LogP) is 2.01. The largest absolute Gasteiger partial charge is 0.351 e. The number of anilines is 1. The SMILES string of the molecule is NC(=O)Nc1cccc(C(=O)N2CSCC2C(=O)NCc2ccccc2)c1. The van der Waals surface area contributed by atoms with Crippen molar-refractivity contribution < 1.29 is 14.4 Å². The van der Waals surface area contributed by atoms with Crippen molar-refractivity contribution in [2.24, 2.45) is 5.73 Å². The summed E-state index contributed by atoms with van der Waals surface area (Å²) in [7, 11) is 0. The van der Waals surface area contributed by atoms with E-state index in [1.54, 1.807) is 29.2 Å². The summed E-state index contributed by atoms with van der Waals surface area (Å²) in [4.78, 5) is 38.0. The third-order valence-corrected chi connectivity index (χ3v) is 5.14. The third kappa shape index (κ3) is 4.79. The summed E-state index contributed by atoms with van der Waals surface area (Å²) in [5.74, 6) is 0.554. The Labute approximate surface area is 161 Å². The second kappa shape index (κ2) is 8.59. The highest BCUT2D eigenvalue weighted by Crippen LogP contribution is 2.24. The maximum Gasteiger partial charge on any atom is 0.316 e. The number of carbonyl (C=O) groups is 3. The molecule has 0 bridgehead atoms. The fourth-order valence-electron chi connectivity index (χ4n) is 2.80. The van der Waals surface area contributed by atoms with E-state index >= 15 is 0 Å². The number of nitrogens with one attached hydrogen (secondary N) is 2. The van der Waals surface area contributed by atoms with Gasteiger partial charge in [0.15, 0.2) is 0 Å². The van der Waals surface area contributed by atoms with Crippen LogP contribution in [-0.4, -0.2) is 40.4 Å². The van der Waals surface area contributed by atoms with Gasteiger partial charge in [0.05, 0.1) is 5.88 Å². The molecule has 3 rings (SSSR count). The van der Waals surface area contributed by atoms with E-state index < -0.39 is 12.1 Å². The molecule has 2 aromatic rings. The molecule has 1 aliphatic rings. The lowest BCUT2D eigenvalue weighted by molar-refractivity contribution is -0.124. The van der Waals surface area contributed by atoms with Crippen molar-refractivity contribution in [1.29, 1.82) is 0 Å². The number of hydrogen-bond acceptors (Lipinski definition) is 4. The van der Waals surface area contributed by atoms with Crippen LogP contribution < -0.4 is 16.4 Å². The Morgan fingerprint density at radius 1 is 1.11 bits per heavy atom. The van der Waals surface area contributed by atoms with Crippen LogP contribution in [0.25, 0.3) is 0 Å². The summed E-state index contributed by atoms with van der Waals surface area (Å²) in [5.41, 5.74) is 6.94. The molecule has 1 aliphatic heterocycles. The molecule has 140 valence electrons. The number of nitrogens with two attached hydrogens (primary N) is 1. The number of urea groups is 1. The maximum absolute atomic E-state index is 12.9. The lowest BCUT2D eigenvalue weighted by atomic mass is 10.1. The number of rotatable bonds is 5. The van der Waals surface area contributed by atoms with Crippen LogP contribution in [0.1, 0.15) is 15.9 Å². The lowest BCUT2D eigenvalue weighted by Crippen LogP contribution is -2.47. The lowest BCUT2D eigenvalue weighted by Gasteiger charge is -2.23. The number of benzene rings is 2. The molecule has 1 atom stereocenters. The van der Waals surface area contributed by atoms with Crippen LogP contribution in [-0.2, 0) is 11.3 Å². The maximum atomic E-state index is 12.9. The first-order valence-corrected chi connectivity index (χ1v) is 9.57. The second-order valence-electron chi connectivity index (χ2n) is 6.06. The molecule has 4 amide bonds. The van der Waals surface area contributed by atoms with Crippen LogP contribution in [0.5, 0.6) is 0 Å². The van der Waals surface area contributed by atoms with E-state index in [1.165, 1.54) is 11.8 Å². The molecule has 7 nitrogen and oxygen atoms in total. The van der Waals surface area contributed by atoms with Gasteiger partial charge in [0.1, 0.15) is 6.04 Å². The Balaban J connectivity index is 1.67. The number of hydrogen-bond donors (Lipinski definition) is 3. The van der Waals surface area contributed by atoms with Crippen LogP contribution in [0.4, 0.5) is 10.5 Å². The minimum atomic E-state index is -0.700. The number of primary amides is 1. The molecule has 1 heterocycles. The highest BCUT2D eigenvalue weighted by atomic mass is 32.2. The summed E-state index contributed by atoms with van der Waals surface area (Å²) >= 11 is 1.53. The van der Waals surface area contributed by atoms with Gasteiger partial charge in [-0.15, -0.1) is 11.8 Å². The first-order chi connectivity index (χ1) is 13.0. The zero-order chi connectivity index (χ0) is 19.2. The number of carbonyl (C=O) groups excluding carboxylic acids is 3. The normalized spacial score (nSPS) is 16.0. The van der Waals surface area contributed by atoms with E-state index in [4.69, 9.17) is 5.73 Å². The third-order valence-electron chi connectivity index (χ3n) is 4.13. The van der Waals surface area contributed by atoms with Crippen LogP contribution in [0, 0.1) is 0 Å². The second-order valence-corrected chi connectivity index (χ2v) is 7.06. The van der Waals surface area contributed by atoms with E-state index in [9.17, 15) is 14.4 Å². The molecule has 0 saturated carbocycles.